The monoisotopic (exact) mass is 361 g/mol. The van der Waals surface area contributed by atoms with E-state index in [0.29, 0.717) is 30.0 Å². The van der Waals surface area contributed by atoms with Gasteiger partial charge in [0.15, 0.2) is 5.65 Å². The molecular weight excluding hydrogens is 342 g/mol. The molecule has 0 unspecified atom stereocenters. The number of nitrogens with zero attached hydrogens (tertiary/aromatic N) is 5. The van der Waals surface area contributed by atoms with Crippen LogP contribution in [0.15, 0.2) is 59.6 Å². The van der Waals surface area contributed by atoms with E-state index in [-0.39, 0.29) is 5.91 Å². The van der Waals surface area contributed by atoms with Gasteiger partial charge in [0.2, 0.25) is 0 Å². The van der Waals surface area contributed by atoms with Gasteiger partial charge >= 0.3 is 0 Å². The van der Waals surface area contributed by atoms with Crippen molar-refractivity contribution in [2.75, 3.05) is 13.6 Å². The lowest BCUT2D eigenvalue weighted by molar-refractivity contribution is 0.0804. The Morgan fingerprint density at radius 3 is 2.85 bits per heavy atom. The van der Waals surface area contributed by atoms with Gasteiger partial charge in [-0.2, -0.15) is 5.10 Å². The molecule has 136 valence electrons. The number of furan rings is 1. The van der Waals surface area contributed by atoms with E-state index in [0.717, 1.165) is 16.7 Å². The summed E-state index contributed by atoms with van der Waals surface area (Å²) in [5.74, 6) is 0.708. The maximum atomic E-state index is 12.9. The Balaban J connectivity index is 1.90. The highest BCUT2D eigenvalue weighted by Crippen LogP contribution is 2.26. The third-order valence-electron chi connectivity index (χ3n) is 4.50. The highest BCUT2D eigenvalue weighted by atomic mass is 16.3. The summed E-state index contributed by atoms with van der Waals surface area (Å²) in [7, 11) is 1.78. The van der Waals surface area contributed by atoms with Gasteiger partial charge in [-0.25, -0.2) is 9.67 Å². The molecule has 0 saturated carbocycles. The van der Waals surface area contributed by atoms with Gasteiger partial charge in [-0.1, -0.05) is 0 Å². The van der Waals surface area contributed by atoms with Crippen molar-refractivity contribution < 1.29 is 9.21 Å². The second kappa shape index (κ2) is 7.03. The molecule has 1 amide bonds. The van der Waals surface area contributed by atoms with E-state index >= 15 is 0 Å². The van der Waals surface area contributed by atoms with Crippen molar-refractivity contribution in [3.63, 3.8) is 0 Å². The lowest BCUT2D eigenvalue weighted by Crippen LogP contribution is -2.26. The maximum absolute atomic E-state index is 12.9. The van der Waals surface area contributed by atoms with Crippen LogP contribution in [-0.4, -0.2) is 44.1 Å². The largest absolute Gasteiger partial charge is 0.467 e. The van der Waals surface area contributed by atoms with Crippen LogP contribution in [-0.2, 0) is 6.54 Å². The summed E-state index contributed by atoms with van der Waals surface area (Å²) in [6.07, 6.45) is 6.76. The number of rotatable bonds is 5. The van der Waals surface area contributed by atoms with Gasteiger partial charge in [0.25, 0.3) is 5.91 Å². The summed E-state index contributed by atoms with van der Waals surface area (Å²) < 4.78 is 7.18. The standard InChI is InChI=1S/C20H19N5O2/c1-3-24(2)20(26)16-10-18(14-6-4-8-21-11-14)23-19-17(16)12-22-25(19)13-15-7-5-9-27-15/h4-12H,3,13H2,1-2H3. The van der Waals surface area contributed by atoms with Crippen LogP contribution >= 0.6 is 0 Å². The summed E-state index contributed by atoms with van der Waals surface area (Å²) in [6.45, 7) is 3.00. The van der Waals surface area contributed by atoms with Gasteiger partial charge < -0.3 is 9.32 Å². The normalized spacial score (nSPS) is 11.0. The Bertz CT molecular complexity index is 1070. The SMILES string of the molecule is CCN(C)C(=O)c1cc(-c2cccnc2)nc2c1cnn2Cc1ccco1. The lowest BCUT2D eigenvalue weighted by Gasteiger charge is -2.16. The molecule has 7 heteroatoms. The van der Waals surface area contributed by atoms with Gasteiger partial charge in [-0.15, -0.1) is 0 Å². The van der Waals surface area contributed by atoms with E-state index < -0.39 is 0 Å². The van der Waals surface area contributed by atoms with Crippen LogP contribution in [0.2, 0.25) is 0 Å². The smallest absolute Gasteiger partial charge is 0.254 e. The number of carbonyl (C=O) groups is 1. The molecule has 0 aliphatic rings. The topological polar surface area (TPSA) is 77.1 Å². The van der Waals surface area contributed by atoms with E-state index in [2.05, 4.69) is 10.1 Å². The van der Waals surface area contributed by atoms with Gasteiger partial charge in [-0.05, 0) is 37.3 Å². The zero-order valence-electron chi connectivity index (χ0n) is 15.2. The summed E-state index contributed by atoms with van der Waals surface area (Å²) in [5, 5.41) is 5.16. The van der Waals surface area contributed by atoms with Crippen molar-refractivity contribution >= 4 is 16.9 Å². The van der Waals surface area contributed by atoms with Crippen molar-refractivity contribution in [3.05, 3.63) is 66.5 Å². The number of pyridine rings is 2. The molecule has 0 radical (unpaired) electrons. The number of fused-ring (bicyclic) bond motifs is 1. The quantitative estimate of drug-likeness (QED) is 0.545. The predicted molar refractivity (Wildman–Crippen MR) is 101 cm³/mol. The summed E-state index contributed by atoms with van der Waals surface area (Å²) in [6, 6.07) is 9.30. The number of hydrogen-bond acceptors (Lipinski definition) is 5. The second-order valence-corrected chi connectivity index (χ2v) is 6.23. The van der Waals surface area contributed by atoms with Gasteiger partial charge in [0.05, 0.1) is 29.1 Å². The van der Waals surface area contributed by atoms with Crippen molar-refractivity contribution in [1.82, 2.24) is 24.6 Å². The van der Waals surface area contributed by atoms with Crippen molar-refractivity contribution in [2.45, 2.75) is 13.5 Å². The number of carbonyl (C=O) groups excluding carboxylic acids is 1. The third kappa shape index (κ3) is 3.19. The third-order valence-corrected chi connectivity index (χ3v) is 4.50. The molecule has 0 bridgehead atoms. The molecule has 0 atom stereocenters. The molecule has 7 nitrogen and oxygen atoms in total. The van der Waals surface area contributed by atoms with Crippen molar-refractivity contribution in [3.8, 4) is 11.3 Å². The highest BCUT2D eigenvalue weighted by molar-refractivity contribution is 6.06. The maximum Gasteiger partial charge on any atom is 0.254 e. The average Bonchev–Trinajstić information content (AvgIpc) is 3.37. The molecular formula is C20H19N5O2. The first-order valence-electron chi connectivity index (χ1n) is 8.72. The highest BCUT2D eigenvalue weighted by Gasteiger charge is 2.20. The molecule has 0 saturated heterocycles. The van der Waals surface area contributed by atoms with Crippen LogP contribution in [0.1, 0.15) is 23.0 Å². The van der Waals surface area contributed by atoms with E-state index in [1.165, 1.54) is 0 Å². The first-order chi connectivity index (χ1) is 13.2. The van der Waals surface area contributed by atoms with Crippen LogP contribution in [0.3, 0.4) is 0 Å². The Morgan fingerprint density at radius 1 is 1.26 bits per heavy atom. The first-order valence-corrected chi connectivity index (χ1v) is 8.72. The fourth-order valence-corrected chi connectivity index (χ4v) is 2.90. The Hall–Kier alpha value is -3.48. The zero-order valence-corrected chi connectivity index (χ0v) is 15.2. The molecule has 0 N–H and O–H groups in total. The molecule has 0 aromatic carbocycles. The Morgan fingerprint density at radius 2 is 2.15 bits per heavy atom. The predicted octanol–water partition coefficient (Wildman–Crippen LogP) is 3.23. The van der Waals surface area contributed by atoms with E-state index in [4.69, 9.17) is 9.40 Å². The van der Waals surface area contributed by atoms with Gasteiger partial charge in [-0.3, -0.25) is 9.78 Å². The van der Waals surface area contributed by atoms with Crippen LogP contribution < -0.4 is 0 Å². The van der Waals surface area contributed by atoms with E-state index in [1.54, 1.807) is 41.5 Å². The molecule has 0 fully saturated rings. The molecule has 4 aromatic heterocycles. The molecule has 0 spiro atoms. The van der Waals surface area contributed by atoms with Gasteiger partial charge in [0, 0.05) is 31.5 Å². The number of aromatic nitrogens is 4. The van der Waals surface area contributed by atoms with Gasteiger partial charge in [0.1, 0.15) is 12.3 Å². The minimum atomic E-state index is -0.0624. The van der Waals surface area contributed by atoms with Crippen LogP contribution in [0.25, 0.3) is 22.3 Å². The lowest BCUT2D eigenvalue weighted by atomic mass is 10.1. The second-order valence-electron chi connectivity index (χ2n) is 6.23. The molecule has 4 heterocycles. The fraction of sp³-hybridized carbons (Fsp3) is 0.200. The molecule has 4 rings (SSSR count). The van der Waals surface area contributed by atoms with Crippen LogP contribution in [0.4, 0.5) is 0 Å². The van der Waals surface area contributed by atoms with E-state index in [1.807, 2.05) is 37.3 Å². The molecule has 4 aromatic rings. The van der Waals surface area contributed by atoms with Crippen molar-refractivity contribution in [2.24, 2.45) is 0 Å². The minimum Gasteiger partial charge on any atom is -0.467 e. The Labute approximate surface area is 156 Å². The first kappa shape index (κ1) is 17.0. The number of amides is 1. The van der Waals surface area contributed by atoms with E-state index in [9.17, 15) is 4.79 Å². The average molecular weight is 361 g/mol. The summed E-state index contributed by atoms with van der Waals surface area (Å²) in [4.78, 5) is 23.5. The Kier molecular flexibility index (Phi) is 4.42. The van der Waals surface area contributed by atoms with Crippen molar-refractivity contribution in [1.29, 1.82) is 0 Å². The van der Waals surface area contributed by atoms with Crippen LogP contribution in [0, 0.1) is 0 Å². The fourth-order valence-electron chi connectivity index (χ4n) is 2.90. The minimum absolute atomic E-state index is 0.0624. The molecule has 27 heavy (non-hydrogen) atoms. The summed E-state index contributed by atoms with van der Waals surface area (Å²) in [5.41, 5.74) is 2.75. The summed E-state index contributed by atoms with van der Waals surface area (Å²) >= 11 is 0. The zero-order chi connectivity index (χ0) is 18.8. The number of hydrogen-bond donors (Lipinski definition) is 0. The van der Waals surface area contributed by atoms with Crippen LogP contribution in [0.5, 0.6) is 0 Å². The molecule has 0 aliphatic carbocycles. The molecule has 0 aliphatic heterocycles.